The number of carbonyl (C=O) groups excluding carboxylic acids is 1. The lowest BCUT2D eigenvalue weighted by molar-refractivity contribution is -0.162. The Morgan fingerprint density at radius 2 is 1.76 bits per heavy atom. The number of carbonyl (C=O) groups is 1. The number of halogens is 4. The van der Waals surface area contributed by atoms with Crippen LogP contribution in [0.1, 0.15) is 48.8 Å². The van der Waals surface area contributed by atoms with E-state index < -0.39 is 23.7 Å². The molecule has 1 atom stereocenters. The zero-order valence-electron chi connectivity index (χ0n) is 22.5. The Morgan fingerprint density at radius 3 is 2.38 bits per heavy atom. The van der Waals surface area contributed by atoms with Crippen LogP contribution in [-0.2, 0) is 0 Å². The zero-order valence-corrected chi connectivity index (χ0v) is 23.3. The first-order chi connectivity index (χ1) is 19.8. The van der Waals surface area contributed by atoms with Gasteiger partial charge in [-0.1, -0.05) is 37.6 Å². The lowest BCUT2D eigenvalue weighted by atomic mass is 10.1. The monoisotopic (exact) mass is 596 g/mol. The number of anilines is 2. The minimum absolute atomic E-state index is 0.0330. The van der Waals surface area contributed by atoms with Gasteiger partial charge in [-0.15, -0.1) is 0 Å². The molecule has 1 aromatic carbocycles. The van der Waals surface area contributed by atoms with Crippen LogP contribution in [0.5, 0.6) is 0 Å². The maximum absolute atomic E-state index is 13.6. The second-order valence-corrected chi connectivity index (χ2v) is 10.3. The molecule has 14 heteroatoms. The van der Waals surface area contributed by atoms with Gasteiger partial charge in [0.25, 0.3) is 11.5 Å². The van der Waals surface area contributed by atoms with Crippen molar-refractivity contribution in [2.45, 2.75) is 38.9 Å². The van der Waals surface area contributed by atoms with Gasteiger partial charge >= 0.3 is 6.18 Å². The summed E-state index contributed by atoms with van der Waals surface area (Å²) in [6.45, 7) is 4.77. The Labute approximate surface area is 242 Å². The topological polar surface area (TPSA) is 134 Å². The Bertz CT molecular complexity index is 1850. The van der Waals surface area contributed by atoms with Gasteiger partial charge in [-0.3, -0.25) is 9.59 Å². The summed E-state index contributed by atoms with van der Waals surface area (Å²) in [5.41, 5.74) is 7.02. The standard InChI is InChI=1S/C28H24ClF3N8O2/c1-14(2)21-10-19(27(42)40(38-21)22-9-6-17(29)11-34-22)26(41)37-18-7-4-16(5-8-18)20-12-39(15(3)28(30,31)32)25-23(20)24(33)35-13-36-25/h4-15H,1-3H3,(H,37,41)(H2,33,35,36). The van der Waals surface area contributed by atoms with E-state index in [-0.39, 0.29) is 34.2 Å². The molecule has 1 unspecified atom stereocenters. The largest absolute Gasteiger partial charge is 0.408 e. The van der Waals surface area contributed by atoms with Gasteiger partial charge in [0, 0.05) is 23.6 Å². The van der Waals surface area contributed by atoms with Gasteiger partial charge in [0.15, 0.2) is 5.82 Å². The van der Waals surface area contributed by atoms with Gasteiger partial charge in [0.05, 0.1) is 16.1 Å². The van der Waals surface area contributed by atoms with Crippen LogP contribution in [0.25, 0.3) is 28.0 Å². The van der Waals surface area contributed by atoms with Gasteiger partial charge in [0.1, 0.15) is 29.4 Å². The summed E-state index contributed by atoms with van der Waals surface area (Å²) in [4.78, 5) is 38.6. The van der Waals surface area contributed by atoms with E-state index >= 15 is 0 Å². The van der Waals surface area contributed by atoms with E-state index in [0.717, 1.165) is 22.5 Å². The van der Waals surface area contributed by atoms with Gasteiger partial charge in [-0.25, -0.2) is 15.0 Å². The summed E-state index contributed by atoms with van der Waals surface area (Å²) in [5, 5.41) is 7.71. The molecule has 0 fully saturated rings. The third-order valence-electron chi connectivity index (χ3n) is 6.68. The van der Waals surface area contributed by atoms with E-state index in [2.05, 4.69) is 25.4 Å². The molecule has 0 aliphatic carbocycles. The Kier molecular flexibility index (Phi) is 7.45. The van der Waals surface area contributed by atoms with Crippen molar-refractivity contribution in [2.75, 3.05) is 11.1 Å². The number of aromatic nitrogens is 6. The highest BCUT2D eigenvalue weighted by Crippen LogP contribution is 2.38. The minimum Gasteiger partial charge on any atom is -0.383 e. The first-order valence-electron chi connectivity index (χ1n) is 12.7. The molecule has 0 spiro atoms. The molecule has 0 aliphatic heterocycles. The van der Waals surface area contributed by atoms with E-state index in [0.29, 0.717) is 27.5 Å². The Balaban J connectivity index is 1.48. The number of hydrogen-bond donors (Lipinski definition) is 2. The number of nitrogens with two attached hydrogens (primary N) is 1. The molecule has 10 nitrogen and oxygen atoms in total. The maximum Gasteiger partial charge on any atom is 0.408 e. The van der Waals surface area contributed by atoms with E-state index in [9.17, 15) is 22.8 Å². The first kappa shape index (κ1) is 28.7. The molecule has 4 heterocycles. The van der Waals surface area contributed by atoms with Gasteiger partial charge < -0.3 is 15.6 Å². The van der Waals surface area contributed by atoms with Crippen LogP contribution in [-0.4, -0.2) is 41.4 Å². The van der Waals surface area contributed by atoms with Crippen molar-refractivity contribution in [3.63, 3.8) is 0 Å². The third kappa shape index (κ3) is 5.42. The molecule has 4 aromatic heterocycles. The smallest absolute Gasteiger partial charge is 0.383 e. The highest BCUT2D eigenvalue weighted by molar-refractivity contribution is 6.30. The SMILES string of the molecule is CC(C)c1cc(C(=O)Nc2ccc(-c3cn(C(C)C(F)(F)F)c4ncnc(N)c34)cc2)c(=O)n(-c2ccc(Cl)cn2)n1. The van der Waals surface area contributed by atoms with E-state index in [1.807, 2.05) is 13.8 Å². The first-order valence-corrected chi connectivity index (χ1v) is 13.1. The van der Waals surface area contributed by atoms with Gasteiger partial charge in [0.2, 0.25) is 0 Å². The van der Waals surface area contributed by atoms with Crippen molar-refractivity contribution < 1.29 is 18.0 Å². The summed E-state index contributed by atoms with van der Waals surface area (Å²) in [5.74, 6) is -0.542. The fraction of sp³-hybridized carbons (Fsp3) is 0.214. The zero-order chi connectivity index (χ0) is 30.3. The molecule has 5 rings (SSSR count). The van der Waals surface area contributed by atoms with Gasteiger partial charge in [-0.2, -0.15) is 23.0 Å². The number of hydrogen-bond acceptors (Lipinski definition) is 7. The Morgan fingerprint density at radius 1 is 1.05 bits per heavy atom. The third-order valence-corrected chi connectivity index (χ3v) is 6.90. The second-order valence-electron chi connectivity index (χ2n) is 9.85. The van der Waals surface area contributed by atoms with E-state index in [4.69, 9.17) is 17.3 Å². The second kappa shape index (κ2) is 10.9. The summed E-state index contributed by atoms with van der Waals surface area (Å²) >= 11 is 5.92. The summed E-state index contributed by atoms with van der Waals surface area (Å²) in [7, 11) is 0. The van der Waals surface area contributed by atoms with Crippen LogP contribution < -0.4 is 16.6 Å². The molecule has 0 bridgehead atoms. The molecule has 216 valence electrons. The minimum atomic E-state index is -4.51. The molecular weight excluding hydrogens is 573 g/mol. The van der Waals surface area contributed by atoms with Crippen molar-refractivity contribution in [1.82, 2.24) is 29.3 Å². The maximum atomic E-state index is 13.6. The number of nitrogens with one attached hydrogen (secondary N) is 1. The number of benzene rings is 1. The fourth-order valence-electron chi connectivity index (χ4n) is 4.32. The molecule has 0 radical (unpaired) electrons. The number of nitrogens with zero attached hydrogens (tertiary/aromatic N) is 6. The van der Waals surface area contributed by atoms with Crippen LogP contribution >= 0.6 is 11.6 Å². The van der Waals surface area contributed by atoms with Crippen molar-refractivity contribution in [2.24, 2.45) is 0 Å². The molecule has 0 saturated carbocycles. The molecule has 0 saturated heterocycles. The number of pyridine rings is 1. The average molecular weight is 597 g/mol. The number of rotatable bonds is 6. The Hall–Kier alpha value is -4.78. The summed E-state index contributed by atoms with van der Waals surface area (Å²) in [6.07, 6.45) is -0.698. The summed E-state index contributed by atoms with van der Waals surface area (Å²) in [6, 6.07) is 9.00. The van der Waals surface area contributed by atoms with E-state index in [1.54, 1.807) is 30.3 Å². The van der Waals surface area contributed by atoms with Crippen LogP contribution in [0.15, 0.2) is 66.0 Å². The van der Waals surface area contributed by atoms with Gasteiger partial charge in [-0.05, 0) is 48.7 Å². The fourth-order valence-corrected chi connectivity index (χ4v) is 4.43. The van der Waals surface area contributed by atoms with Crippen LogP contribution in [0, 0.1) is 0 Å². The number of amides is 1. The lowest BCUT2D eigenvalue weighted by Gasteiger charge is -2.17. The predicted molar refractivity (Wildman–Crippen MR) is 153 cm³/mol. The van der Waals surface area contributed by atoms with Crippen LogP contribution in [0.2, 0.25) is 5.02 Å². The quantitative estimate of drug-likeness (QED) is 0.254. The number of nitrogen functional groups attached to an aromatic ring is 1. The van der Waals surface area contributed by atoms with E-state index in [1.165, 1.54) is 24.5 Å². The molecule has 5 aromatic rings. The molecule has 0 aliphatic rings. The average Bonchev–Trinajstić information content (AvgIpc) is 3.34. The normalized spacial score (nSPS) is 12.6. The molecule has 3 N–H and O–H groups in total. The number of fused-ring (bicyclic) bond motifs is 1. The lowest BCUT2D eigenvalue weighted by Crippen LogP contribution is -2.31. The van der Waals surface area contributed by atoms with Crippen molar-refractivity contribution >= 4 is 40.0 Å². The van der Waals surface area contributed by atoms with Crippen molar-refractivity contribution in [3.05, 3.63) is 87.8 Å². The predicted octanol–water partition coefficient (Wildman–Crippen LogP) is 5.77. The highest BCUT2D eigenvalue weighted by atomic mass is 35.5. The molecule has 1 amide bonds. The van der Waals surface area contributed by atoms with Crippen LogP contribution in [0.3, 0.4) is 0 Å². The van der Waals surface area contributed by atoms with Crippen LogP contribution in [0.4, 0.5) is 24.7 Å². The van der Waals surface area contributed by atoms with Crippen molar-refractivity contribution in [1.29, 1.82) is 0 Å². The van der Waals surface area contributed by atoms with Crippen molar-refractivity contribution in [3.8, 4) is 16.9 Å². The number of alkyl halides is 3. The molecular formula is C28H24ClF3N8O2. The molecule has 42 heavy (non-hydrogen) atoms. The highest BCUT2D eigenvalue weighted by Gasteiger charge is 2.38. The summed E-state index contributed by atoms with van der Waals surface area (Å²) < 4.78 is 42.7.